The van der Waals surface area contributed by atoms with Crippen molar-refractivity contribution in [1.82, 2.24) is 14.8 Å². The van der Waals surface area contributed by atoms with Crippen molar-refractivity contribution in [2.75, 3.05) is 26.2 Å². The third kappa shape index (κ3) is 3.75. The number of hydrogen-bond acceptors (Lipinski definition) is 3. The van der Waals surface area contributed by atoms with Crippen molar-refractivity contribution in [2.45, 2.75) is 18.9 Å². The molecule has 1 aromatic heterocycles. The number of piperazine rings is 1. The predicted molar refractivity (Wildman–Crippen MR) is 116 cm³/mol. The van der Waals surface area contributed by atoms with E-state index in [4.69, 9.17) is 11.6 Å². The molecule has 1 amide bonds. The summed E-state index contributed by atoms with van der Waals surface area (Å²) < 4.78 is 0. The van der Waals surface area contributed by atoms with Crippen LogP contribution in [0.1, 0.15) is 23.5 Å². The molecule has 0 radical (unpaired) electrons. The van der Waals surface area contributed by atoms with Gasteiger partial charge in [-0.25, -0.2) is 0 Å². The zero-order valence-corrected chi connectivity index (χ0v) is 17.1. The SMILES string of the molecule is O=C(C1CC1c1ccccc1Cl)N1CCN(Cc2cccc3cccnc23)CC1. The van der Waals surface area contributed by atoms with Gasteiger partial charge in [-0.1, -0.05) is 54.1 Å². The van der Waals surface area contributed by atoms with E-state index in [1.165, 1.54) is 10.9 Å². The van der Waals surface area contributed by atoms with Crippen molar-refractivity contribution in [1.29, 1.82) is 0 Å². The summed E-state index contributed by atoms with van der Waals surface area (Å²) in [7, 11) is 0. The Balaban J connectivity index is 1.19. The molecule has 148 valence electrons. The van der Waals surface area contributed by atoms with E-state index in [1.54, 1.807) is 0 Å². The van der Waals surface area contributed by atoms with Crippen molar-refractivity contribution in [2.24, 2.45) is 5.92 Å². The lowest BCUT2D eigenvalue weighted by atomic mass is 10.1. The van der Waals surface area contributed by atoms with Crippen molar-refractivity contribution >= 4 is 28.4 Å². The summed E-state index contributed by atoms with van der Waals surface area (Å²) >= 11 is 6.32. The standard InChI is InChI=1S/C24H24ClN3O/c25-22-9-2-1-8-19(22)20-15-21(20)24(29)28-13-11-27(12-14-28)16-18-6-3-5-17-7-4-10-26-23(17)18/h1-10,20-21H,11-16H2. The first-order valence-corrected chi connectivity index (χ1v) is 10.7. The number of nitrogens with zero attached hydrogens (tertiary/aromatic N) is 3. The van der Waals surface area contributed by atoms with E-state index >= 15 is 0 Å². The summed E-state index contributed by atoms with van der Waals surface area (Å²) in [6, 6.07) is 18.4. The highest BCUT2D eigenvalue weighted by Gasteiger charge is 2.46. The van der Waals surface area contributed by atoms with Gasteiger partial charge in [0.15, 0.2) is 0 Å². The summed E-state index contributed by atoms with van der Waals surface area (Å²) in [6.07, 6.45) is 2.78. The molecule has 3 aromatic rings. The highest BCUT2D eigenvalue weighted by molar-refractivity contribution is 6.31. The van der Waals surface area contributed by atoms with Gasteiger partial charge in [0.25, 0.3) is 0 Å². The molecule has 2 unspecified atom stereocenters. The quantitative estimate of drug-likeness (QED) is 0.648. The minimum absolute atomic E-state index is 0.101. The van der Waals surface area contributed by atoms with Crippen LogP contribution in [0.25, 0.3) is 10.9 Å². The van der Waals surface area contributed by atoms with E-state index in [9.17, 15) is 4.79 Å². The predicted octanol–water partition coefficient (Wildman–Crippen LogP) is 4.34. The minimum atomic E-state index is 0.101. The Bertz CT molecular complexity index is 1040. The summed E-state index contributed by atoms with van der Waals surface area (Å²) in [5, 5.41) is 1.96. The van der Waals surface area contributed by atoms with Gasteiger partial charge >= 0.3 is 0 Å². The summed E-state index contributed by atoms with van der Waals surface area (Å²) in [5.41, 5.74) is 3.45. The summed E-state index contributed by atoms with van der Waals surface area (Å²) in [4.78, 5) is 22.0. The second-order valence-electron chi connectivity index (χ2n) is 8.06. The Hall–Kier alpha value is -2.43. The second-order valence-corrected chi connectivity index (χ2v) is 8.47. The van der Waals surface area contributed by atoms with Crippen LogP contribution in [0, 0.1) is 5.92 Å². The number of aromatic nitrogens is 1. The van der Waals surface area contributed by atoms with E-state index in [2.05, 4.69) is 40.2 Å². The first-order chi connectivity index (χ1) is 14.2. The molecule has 1 saturated heterocycles. The molecular weight excluding hydrogens is 382 g/mol. The molecular formula is C24H24ClN3O. The van der Waals surface area contributed by atoms with Crippen molar-refractivity contribution < 1.29 is 4.79 Å². The zero-order chi connectivity index (χ0) is 19.8. The third-order valence-corrected chi connectivity index (χ3v) is 6.55. The number of amides is 1. The monoisotopic (exact) mass is 405 g/mol. The zero-order valence-electron chi connectivity index (χ0n) is 16.3. The van der Waals surface area contributed by atoms with E-state index in [0.29, 0.717) is 5.91 Å². The average molecular weight is 406 g/mol. The maximum atomic E-state index is 12.9. The van der Waals surface area contributed by atoms with Crippen LogP contribution in [0.4, 0.5) is 0 Å². The van der Waals surface area contributed by atoms with Gasteiger partial charge in [-0.3, -0.25) is 14.7 Å². The van der Waals surface area contributed by atoms with Gasteiger partial charge in [0.1, 0.15) is 0 Å². The molecule has 29 heavy (non-hydrogen) atoms. The van der Waals surface area contributed by atoms with Gasteiger partial charge in [-0.15, -0.1) is 0 Å². The van der Waals surface area contributed by atoms with Crippen molar-refractivity contribution in [3.8, 4) is 0 Å². The number of halogens is 1. The van der Waals surface area contributed by atoms with Crippen LogP contribution >= 0.6 is 11.6 Å². The molecule has 0 bridgehead atoms. The fourth-order valence-corrected chi connectivity index (χ4v) is 4.76. The van der Waals surface area contributed by atoms with Crippen LogP contribution in [-0.2, 0) is 11.3 Å². The third-order valence-electron chi connectivity index (χ3n) is 6.21. The number of fused-ring (bicyclic) bond motifs is 1. The molecule has 2 atom stereocenters. The van der Waals surface area contributed by atoms with Crippen molar-refractivity contribution in [3.05, 3.63) is 76.9 Å². The van der Waals surface area contributed by atoms with E-state index in [-0.39, 0.29) is 11.8 Å². The molecule has 0 spiro atoms. The number of carbonyl (C=O) groups is 1. The topological polar surface area (TPSA) is 36.4 Å². The molecule has 2 aromatic carbocycles. The van der Waals surface area contributed by atoms with Crippen LogP contribution < -0.4 is 0 Å². The Kier molecular flexibility index (Phi) is 4.98. The molecule has 5 rings (SSSR count). The number of hydrogen-bond donors (Lipinski definition) is 0. The van der Waals surface area contributed by atoms with E-state index in [0.717, 1.165) is 55.2 Å². The highest BCUT2D eigenvalue weighted by atomic mass is 35.5. The van der Waals surface area contributed by atoms with Gasteiger partial charge in [0.05, 0.1) is 5.52 Å². The van der Waals surface area contributed by atoms with Gasteiger partial charge < -0.3 is 4.90 Å². The lowest BCUT2D eigenvalue weighted by Crippen LogP contribution is -2.48. The maximum Gasteiger partial charge on any atom is 0.226 e. The summed E-state index contributed by atoms with van der Waals surface area (Å²) in [6.45, 7) is 4.27. The Morgan fingerprint density at radius 3 is 2.62 bits per heavy atom. The number of rotatable bonds is 4. The highest BCUT2D eigenvalue weighted by Crippen LogP contribution is 2.50. The Morgan fingerprint density at radius 1 is 1.00 bits per heavy atom. The van der Waals surface area contributed by atoms with E-state index < -0.39 is 0 Å². The minimum Gasteiger partial charge on any atom is -0.340 e. The number of para-hydroxylation sites is 1. The second kappa shape index (κ2) is 7.77. The Morgan fingerprint density at radius 2 is 1.79 bits per heavy atom. The molecule has 2 heterocycles. The van der Waals surface area contributed by atoms with Crippen LogP contribution in [-0.4, -0.2) is 46.9 Å². The number of benzene rings is 2. The van der Waals surface area contributed by atoms with Crippen molar-refractivity contribution in [3.63, 3.8) is 0 Å². The fourth-order valence-electron chi connectivity index (χ4n) is 4.48. The fraction of sp³-hybridized carbons (Fsp3) is 0.333. The van der Waals surface area contributed by atoms with Crippen LogP contribution in [0.15, 0.2) is 60.8 Å². The largest absolute Gasteiger partial charge is 0.340 e. The van der Waals surface area contributed by atoms with Gasteiger partial charge in [-0.2, -0.15) is 0 Å². The molecule has 4 nitrogen and oxygen atoms in total. The molecule has 5 heteroatoms. The molecule has 2 fully saturated rings. The first-order valence-electron chi connectivity index (χ1n) is 10.3. The van der Waals surface area contributed by atoms with Gasteiger partial charge in [-0.05, 0) is 35.6 Å². The molecule has 2 aliphatic rings. The molecule has 1 saturated carbocycles. The van der Waals surface area contributed by atoms with E-state index in [1.807, 2.05) is 35.4 Å². The summed E-state index contributed by atoms with van der Waals surface area (Å²) in [5.74, 6) is 0.682. The molecule has 1 aliphatic heterocycles. The molecule has 1 aliphatic carbocycles. The van der Waals surface area contributed by atoms with Crippen LogP contribution in [0.2, 0.25) is 5.02 Å². The molecule has 0 N–H and O–H groups in total. The van der Waals surface area contributed by atoms with Gasteiger partial charge in [0.2, 0.25) is 5.91 Å². The first kappa shape index (κ1) is 18.6. The lowest BCUT2D eigenvalue weighted by molar-refractivity contribution is -0.134. The maximum absolute atomic E-state index is 12.9. The Labute approximate surface area is 176 Å². The average Bonchev–Trinajstić information content (AvgIpc) is 3.55. The lowest BCUT2D eigenvalue weighted by Gasteiger charge is -2.35. The van der Waals surface area contributed by atoms with Crippen LogP contribution in [0.3, 0.4) is 0 Å². The van der Waals surface area contributed by atoms with Gasteiger partial charge in [0, 0.05) is 55.2 Å². The number of pyridine rings is 1. The van der Waals surface area contributed by atoms with Crippen LogP contribution in [0.5, 0.6) is 0 Å². The smallest absolute Gasteiger partial charge is 0.226 e. The normalized spacial score (nSPS) is 22.0. The number of carbonyl (C=O) groups excluding carboxylic acids is 1.